The number of rotatable bonds is 6. The predicted molar refractivity (Wildman–Crippen MR) is 84.2 cm³/mol. The average Bonchev–Trinajstić information content (AvgIpc) is 2.49. The molecule has 2 rings (SSSR count). The third-order valence-electron chi connectivity index (χ3n) is 3.41. The zero-order chi connectivity index (χ0) is 16.8. The number of halogens is 2. The van der Waals surface area contributed by atoms with E-state index >= 15 is 0 Å². The summed E-state index contributed by atoms with van der Waals surface area (Å²) >= 11 is 0. The van der Waals surface area contributed by atoms with Crippen LogP contribution in [0.25, 0.3) is 0 Å². The van der Waals surface area contributed by atoms with Crippen molar-refractivity contribution in [2.75, 3.05) is 6.61 Å². The summed E-state index contributed by atoms with van der Waals surface area (Å²) < 4.78 is 31.9. The first-order chi connectivity index (χ1) is 11.0. The van der Waals surface area contributed by atoms with E-state index in [2.05, 4.69) is 5.32 Å². The molecule has 23 heavy (non-hydrogen) atoms. The predicted octanol–water partition coefficient (Wildman–Crippen LogP) is 3.78. The van der Waals surface area contributed by atoms with Crippen LogP contribution in [0.15, 0.2) is 42.5 Å². The summed E-state index contributed by atoms with van der Waals surface area (Å²) in [4.78, 5) is 12.0. The van der Waals surface area contributed by atoms with Gasteiger partial charge in [0.25, 0.3) is 0 Å². The monoisotopic (exact) mass is 319 g/mol. The minimum absolute atomic E-state index is 0.180. The van der Waals surface area contributed by atoms with Crippen LogP contribution < -0.4 is 10.1 Å². The van der Waals surface area contributed by atoms with Crippen molar-refractivity contribution >= 4 is 5.91 Å². The van der Waals surface area contributed by atoms with Gasteiger partial charge in [-0.1, -0.05) is 18.2 Å². The van der Waals surface area contributed by atoms with Gasteiger partial charge in [-0.25, -0.2) is 8.78 Å². The van der Waals surface area contributed by atoms with Gasteiger partial charge in [-0.2, -0.15) is 0 Å². The Morgan fingerprint density at radius 2 is 1.87 bits per heavy atom. The second-order valence-electron chi connectivity index (χ2n) is 5.21. The maximum Gasteiger partial charge on any atom is 0.224 e. The van der Waals surface area contributed by atoms with Gasteiger partial charge in [0.2, 0.25) is 5.91 Å². The fraction of sp³-hybridized carbons (Fsp3) is 0.278. The first kappa shape index (κ1) is 16.9. The van der Waals surface area contributed by atoms with E-state index in [9.17, 15) is 13.6 Å². The summed E-state index contributed by atoms with van der Waals surface area (Å²) in [6.07, 6.45) is 0.180. The molecule has 0 aliphatic carbocycles. The summed E-state index contributed by atoms with van der Waals surface area (Å²) in [7, 11) is 0. The van der Waals surface area contributed by atoms with Crippen molar-refractivity contribution in [3.63, 3.8) is 0 Å². The molecule has 0 aliphatic rings. The number of carbonyl (C=O) groups excluding carboxylic acids is 1. The molecule has 1 amide bonds. The summed E-state index contributed by atoms with van der Waals surface area (Å²) in [5.74, 6) is -0.790. The number of ether oxygens (including phenoxy) is 1. The third-order valence-corrected chi connectivity index (χ3v) is 3.41. The second kappa shape index (κ2) is 7.72. The van der Waals surface area contributed by atoms with E-state index in [1.54, 1.807) is 19.1 Å². The van der Waals surface area contributed by atoms with Crippen LogP contribution in [0.4, 0.5) is 8.78 Å². The first-order valence-corrected chi connectivity index (χ1v) is 7.45. The van der Waals surface area contributed by atoms with Crippen LogP contribution in [0.3, 0.4) is 0 Å². The molecule has 0 spiro atoms. The zero-order valence-corrected chi connectivity index (χ0v) is 13.1. The molecule has 5 heteroatoms. The van der Waals surface area contributed by atoms with Crippen molar-refractivity contribution in [1.29, 1.82) is 0 Å². The Labute approximate surface area is 134 Å². The summed E-state index contributed by atoms with van der Waals surface area (Å²) in [6, 6.07) is 10.0. The lowest BCUT2D eigenvalue weighted by Crippen LogP contribution is -2.28. The van der Waals surface area contributed by atoms with E-state index in [1.165, 1.54) is 12.1 Å². The molecule has 0 heterocycles. The molecule has 0 bridgehead atoms. The molecule has 1 unspecified atom stereocenters. The molecule has 0 saturated heterocycles. The number of amides is 1. The molecule has 122 valence electrons. The van der Waals surface area contributed by atoms with Gasteiger partial charge in [0, 0.05) is 11.6 Å². The van der Waals surface area contributed by atoms with Crippen molar-refractivity contribution in [3.05, 3.63) is 65.2 Å². The van der Waals surface area contributed by atoms with Crippen molar-refractivity contribution < 1.29 is 18.3 Å². The average molecular weight is 319 g/mol. The van der Waals surface area contributed by atoms with Gasteiger partial charge >= 0.3 is 0 Å². The Balaban J connectivity index is 1.95. The Bertz CT molecular complexity index is 671. The lowest BCUT2D eigenvalue weighted by molar-refractivity contribution is -0.121. The molecule has 0 aromatic heterocycles. The minimum atomic E-state index is -0.668. The minimum Gasteiger partial charge on any atom is -0.494 e. The molecule has 2 aromatic rings. The van der Waals surface area contributed by atoms with Gasteiger partial charge in [-0.15, -0.1) is 0 Å². The van der Waals surface area contributed by atoms with Gasteiger partial charge in [0.1, 0.15) is 17.4 Å². The van der Waals surface area contributed by atoms with E-state index < -0.39 is 17.7 Å². The Hall–Kier alpha value is -2.43. The number of nitrogens with one attached hydrogen (secondary N) is 1. The zero-order valence-electron chi connectivity index (χ0n) is 13.1. The quantitative estimate of drug-likeness (QED) is 0.880. The molecule has 1 atom stereocenters. The second-order valence-corrected chi connectivity index (χ2v) is 5.21. The van der Waals surface area contributed by atoms with Gasteiger partial charge in [0.15, 0.2) is 0 Å². The maximum absolute atomic E-state index is 13.7. The van der Waals surface area contributed by atoms with Crippen LogP contribution in [-0.4, -0.2) is 12.5 Å². The van der Waals surface area contributed by atoms with E-state index in [4.69, 9.17) is 4.74 Å². The maximum atomic E-state index is 13.7. The Morgan fingerprint density at radius 3 is 2.48 bits per heavy atom. The van der Waals surface area contributed by atoms with Crippen LogP contribution in [0, 0.1) is 11.6 Å². The van der Waals surface area contributed by atoms with Crippen molar-refractivity contribution in [3.8, 4) is 5.75 Å². The fourth-order valence-electron chi connectivity index (χ4n) is 2.28. The summed E-state index contributed by atoms with van der Waals surface area (Å²) in [5, 5.41) is 2.71. The van der Waals surface area contributed by atoms with Gasteiger partial charge in [0.05, 0.1) is 19.1 Å². The molecule has 1 N–H and O–H groups in total. The largest absolute Gasteiger partial charge is 0.494 e. The van der Waals surface area contributed by atoms with Crippen LogP contribution in [0.5, 0.6) is 5.75 Å². The molecule has 0 radical (unpaired) electrons. The molecular weight excluding hydrogens is 300 g/mol. The van der Waals surface area contributed by atoms with E-state index in [0.29, 0.717) is 6.61 Å². The fourth-order valence-corrected chi connectivity index (χ4v) is 2.28. The number of benzene rings is 2. The molecular formula is C18H19F2NO2. The highest BCUT2D eigenvalue weighted by atomic mass is 19.1. The molecule has 0 saturated carbocycles. The highest BCUT2D eigenvalue weighted by Crippen LogP contribution is 2.18. The molecule has 0 fully saturated rings. The standard InChI is InChI=1S/C18H19F2NO2/c1-3-23-15-7-4-13(5-8-15)10-18(22)21-12(2)16-9-6-14(19)11-17(16)20/h4-9,11-12H,3,10H2,1-2H3,(H,21,22). The normalized spacial score (nSPS) is 11.8. The van der Waals surface area contributed by atoms with E-state index in [-0.39, 0.29) is 17.9 Å². The van der Waals surface area contributed by atoms with Crippen molar-refractivity contribution in [2.45, 2.75) is 26.3 Å². The molecule has 0 aliphatic heterocycles. The van der Waals surface area contributed by atoms with Crippen LogP contribution in [-0.2, 0) is 11.2 Å². The lowest BCUT2D eigenvalue weighted by atomic mass is 10.1. The first-order valence-electron chi connectivity index (χ1n) is 7.45. The Morgan fingerprint density at radius 1 is 1.17 bits per heavy atom. The summed E-state index contributed by atoms with van der Waals surface area (Å²) in [5.41, 5.74) is 1.09. The van der Waals surface area contributed by atoms with Crippen LogP contribution in [0.2, 0.25) is 0 Å². The van der Waals surface area contributed by atoms with Gasteiger partial charge < -0.3 is 10.1 Å². The summed E-state index contributed by atoms with van der Waals surface area (Å²) in [6.45, 7) is 4.14. The Kier molecular flexibility index (Phi) is 5.68. The SMILES string of the molecule is CCOc1ccc(CC(=O)NC(C)c2ccc(F)cc2F)cc1. The topological polar surface area (TPSA) is 38.3 Å². The highest BCUT2D eigenvalue weighted by molar-refractivity contribution is 5.79. The van der Waals surface area contributed by atoms with Gasteiger partial charge in [-0.3, -0.25) is 4.79 Å². The van der Waals surface area contributed by atoms with E-state index in [0.717, 1.165) is 17.4 Å². The smallest absolute Gasteiger partial charge is 0.224 e. The number of hydrogen-bond acceptors (Lipinski definition) is 2. The van der Waals surface area contributed by atoms with Gasteiger partial charge in [-0.05, 0) is 37.6 Å². The third kappa shape index (κ3) is 4.77. The van der Waals surface area contributed by atoms with Crippen molar-refractivity contribution in [2.24, 2.45) is 0 Å². The number of hydrogen-bond donors (Lipinski definition) is 1. The van der Waals surface area contributed by atoms with Crippen molar-refractivity contribution in [1.82, 2.24) is 5.32 Å². The highest BCUT2D eigenvalue weighted by Gasteiger charge is 2.14. The molecule has 3 nitrogen and oxygen atoms in total. The lowest BCUT2D eigenvalue weighted by Gasteiger charge is -2.15. The van der Waals surface area contributed by atoms with Crippen LogP contribution in [0.1, 0.15) is 31.0 Å². The molecule has 2 aromatic carbocycles. The van der Waals surface area contributed by atoms with E-state index in [1.807, 2.05) is 19.1 Å². The van der Waals surface area contributed by atoms with Crippen LogP contribution >= 0.6 is 0 Å². The number of carbonyl (C=O) groups is 1.